The number of nitrogens with zero attached hydrogens (tertiary/aromatic N) is 1. The smallest absolute Gasteiger partial charge is 0.142 e. The van der Waals surface area contributed by atoms with E-state index in [1.807, 2.05) is 19.1 Å². The second kappa shape index (κ2) is 10.4. The number of rotatable bonds is 11. The molecule has 0 amide bonds. The molecule has 5 heteroatoms. The van der Waals surface area contributed by atoms with Gasteiger partial charge >= 0.3 is 0 Å². The molecule has 0 aliphatic rings. The lowest BCUT2D eigenvalue weighted by Crippen LogP contribution is -2.26. The van der Waals surface area contributed by atoms with E-state index >= 15 is 0 Å². The molecule has 1 aromatic rings. The van der Waals surface area contributed by atoms with Crippen LogP contribution in [-0.4, -0.2) is 49.7 Å². The first-order chi connectivity index (χ1) is 10.3. The van der Waals surface area contributed by atoms with Crippen LogP contribution in [0, 0.1) is 0 Å². The van der Waals surface area contributed by atoms with Crippen molar-refractivity contribution in [2.24, 2.45) is 0 Å². The molecule has 0 heterocycles. The number of benzene rings is 1. The van der Waals surface area contributed by atoms with Gasteiger partial charge in [-0.3, -0.25) is 0 Å². The van der Waals surface area contributed by atoms with Crippen molar-refractivity contribution < 1.29 is 14.9 Å². The molecule has 0 aliphatic heterocycles. The van der Waals surface area contributed by atoms with Crippen LogP contribution in [0.4, 0.5) is 5.69 Å². The second-order valence-electron chi connectivity index (χ2n) is 4.79. The zero-order valence-electron chi connectivity index (χ0n) is 13.1. The molecule has 0 unspecified atom stereocenters. The van der Waals surface area contributed by atoms with Gasteiger partial charge in [0.25, 0.3) is 0 Å². The molecule has 0 spiro atoms. The standard InChI is InChI=1S/C16H28N2O3/c1-3-18(9-11-20)15-7-6-14(12-16(15)21-4-2)13-17-8-5-10-19/h6-7,12,17,19-20H,3-5,8-11,13H2,1-2H3. The van der Waals surface area contributed by atoms with Gasteiger partial charge in [-0.05, 0) is 44.5 Å². The van der Waals surface area contributed by atoms with E-state index in [1.165, 1.54) is 0 Å². The van der Waals surface area contributed by atoms with Crippen molar-refractivity contribution in [1.82, 2.24) is 5.32 Å². The molecule has 0 aromatic heterocycles. The van der Waals surface area contributed by atoms with Crippen LogP contribution in [0.5, 0.6) is 5.75 Å². The minimum atomic E-state index is 0.129. The van der Waals surface area contributed by atoms with Crippen LogP contribution >= 0.6 is 0 Å². The van der Waals surface area contributed by atoms with Gasteiger partial charge in [-0.2, -0.15) is 0 Å². The Balaban J connectivity index is 2.79. The summed E-state index contributed by atoms with van der Waals surface area (Å²) < 4.78 is 5.74. The average molecular weight is 296 g/mol. The third-order valence-electron chi connectivity index (χ3n) is 3.26. The summed E-state index contributed by atoms with van der Waals surface area (Å²) in [6.45, 7) is 7.98. The van der Waals surface area contributed by atoms with Crippen molar-refractivity contribution in [2.45, 2.75) is 26.8 Å². The van der Waals surface area contributed by atoms with Crippen LogP contribution < -0.4 is 15.0 Å². The predicted molar refractivity (Wildman–Crippen MR) is 86.0 cm³/mol. The van der Waals surface area contributed by atoms with Gasteiger partial charge in [-0.15, -0.1) is 0 Å². The summed E-state index contributed by atoms with van der Waals surface area (Å²) in [7, 11) is 0. The quantitative estimate of drug-likeness (QED) is 0.538. The van der Waals surface area contributed by atoms with E-state index in [9.17, 15) is 0 Å². The number of ether oxygens (including phenoxy) is 1. The van der Waals surface area contributed by atoms with Crippen LogP contribution in [0.15, 0.2) is 18.2 Å². The highest BCUT2D eigenvalue weighted by Gasteiger charge is 2.11. The van der Waals surface area contributed by atoms with Gasteiger partial charge in [0.2, 0.25) is 0 Å². The lowest BCUT2D eigenvalue weighted by Gasteiger charge is -2.25. The highest BCUT2D eigenvalue weighted by molar-refractivity contribution is 5.59. The van der Waals surface area contributed by atoms with Crippen LogP contribution in [0.3, 0.4) is 0 Å². The molecule has 0 saturated heterocycles. The SMILES string of the molecule is CCOc1cc(CNCCCO)ccc1N(CC)CCO. The lowest BCUT2D eigenvalue weighted by molar-refractivity contribution is 0.286. The summed E-state index contributed by atoms with van der Waals surface area (Å²) in [5, 5.41) is 21.2. The maximum atomic E-state index is 9.16. The zero-order chi connectivity index (χ0) is 15.5. The largest absolute Gasteiger partial charge is 0.492 e. The summed E-state index contributed by atoms with van der Waals surface area (Å²) in [6.07, 6.45) is 0.760. The van der Waals surface area contributed by atoms with E-state index in [0.717, 1.165) is 43.1 Å². The van der Waals surface area contributed by atoms with Crippen LogP contribution in [0.1, 0.15) is 25.8 Å². The van der Waals surface area contributed by atoms with Crippen molar-refractivity contribution in [1.29, 1.82) is 0 Å². The van der Waals surface area contributed by atoms with Crippen LogP contribution in [-0.2, 0) is 6.54 Å². The number of aliphatic hydroxyl groups is 2. The number of anilines is 1. The number of hydrogen-bond acceptors (Lipinski definition) is 5. The minimum absolute atomic E-state index is 0.129. The molecule has 0 bridgehead atoms. The molecule has 3 N–H and O–H groups in total. The average Bonchev–Trinajstić information content (AvgIpc) is 2.50. The van der Waals surface area contributed by atoms with E-state index in [-0.39, 0.29) is 13.2 Å². The van der Waals surface area contributed by atoms with E-state index in [1.54, 1.807) is 0 Å². The van der Waals surface area contributed by atoms with Crippen molar-refractivity contribution in [3.05, 3.63) is 23.8 Å². The molecular formula is C16H28N2O3. The molecule has 0 radical (unpaired) electrons. The van der Waals surface area contributed by atoms with Gasteiger partial charge in [0.15, 0.2) is 0 Å². The Kier molecular flexibility index (Phi) is 8.82. The molecule has 1 aromatic carbocycles. The fourth-order valence-electron chi connectivity index (χ4n) is 2.21. The Morgan fingerprint density at radius 1 is 1.19 bits per heavy atom. The van der Waals surface area contributed by atoms with Gasteiger partial charge in [0.05, 0.1) is 18.9 Å². The maximum Gasteiger partial charge on any atom is 0.142 e. The van der Waals surface area contributed by atoms with E-state index in [2.05, 4.69) is 23.2 Å². The Labute approximate surface area is 127 Å². The predicted octanol–water partition coefficient (Wildman–Crippen LogP) is 1.38. The highest BCUT2D eigenvalue weighted by Crippen LogP contribution is 2.29. The third-order valence-corrected chi connectivity index (χ3v) is 3.26. The van der Waals surface area contributed by atoms with Crippen LogP contribution in [0.2, 0.25) is 0 Å². The number of nitrogens with one attached hydrogen (secondary N) is 1. The topological polar surface area (TPSA) is 65.0 Å². The van der Waals surface area contributed by atoms with Gasteiger partial charge in [0.1, 0.15) is 5.75 Å². The van der Waals surface area contributed by atoms with Crippen LogP contribution in [0.25, 0.3) is 0 Å². The fraction of sp³-hybridized carbons (Fsp3) is 0.625. The Morgan fingerprint density at radius 3 is 2.62 bits per heavy atom. The molecule has 0 aliphatic carbocycles. The van der Waals surface area contributed by atoms with Crippen molar-refractivity contribution in [3.8, 4) is 5.75 Å². The summed E-state index contributed by atoms with van der Waals surface area (Å²) in [5.41, 5.74) is 2.17. The van der Waals surface area contributed by atoms with Gasteiger partial charge in [0, 0.05) is 26.2 Å². The molecule has 120 valence electrons. The summed E-state index contributed by atoms with van der Waals surface area (Å²) in [4.78, 5) is 2.11. The number of likely N-dealkylation sites (N-methyl/N-ethyl adjacent to an activating group) is 1. The second-order valence-corrected chi connectivity index (χ2v) is 4.79. The molecule has 0 saturated carbocycles. The first kappa shape index (κ1) is 17.8. The molecule has 21 heavy (non-hydrogen) atoms. The first-order valence-corrected chi connectivity index (χ1v) is 7.69. The first-order valence-electron chi connectivity index (χ1n) is 7.69. The Hall–Kier alpha value is -1.30. The highest BCUT2D eigenvalue weighted by atomic mass is 16.5. The van der Waals surface area contributed by atoms with Crippen molar-refractivity contribution in [2.75, 3.05) is 44.4 Å². The fourth-order valence-corrected chi connectivity index (χ4v) is 2.21. The summed E-state index contributed by atoms with van der Waals surface area (Å²) in [5.74, 6) is 0.856. The summed E-state index contributed by atoms with van der Waals surface area (Å²) >= 11 is 0. The molecule has 5 nitrogen and oxygen atoms in total. The molecule has 0 atom stereocenters. The summed E-state index contributed by atoms with van der Waals surface area (Å²) in [6, 6.07) is 6.17. The maximum absolute atomic E-state index is 9.16. The van der Waals surface area contributed by atoms with Gasteiger partial charge in [-0.1, -0.05) is 6.07 Å². The van der Waals surface area contributed by atoms with Gasteiger partial charge in [-0.25, -0.2) is 0 Å². The van der Waals surface area contributed by atoms with E-state index < -0.39 is 0 Å². The Bertz CT molecular complexity index is 399. The molecule has 0 fully saturated rings. The molecule has 1 rings (SSSR count). The van der Waals surface area contributed by atoms with Crippen molar-refractivity contribution >= 4 is 5.69 Å². The monoisotopic (exact) mass is 296 g/mol. The minimum Gasteiger partial charge on any atom is -0.492 e. The number of aliphatic hydroxyl groups excluding tert-OH is 2. The zero-order valence-corrected chi connectivity index (χ0v) is 13.1. The third kappa shape index (κ3) is 5.91. The van der Waals surface area contributed by atoms with E-state index in [0.29, 0.717) is 13.2 Å². The normalized spacial score (nSPS) is 10.7. The Morgan fingerprint density at radius 2 is 2.00 bits per heavy atom. The lowest BCUT2D eigenvalue weighted by atomic mass is 10.1. The number of hydrogen-bond donors (Lipinski definition) is 3. The molecular weight excluding hydrogens is 268 g/mol. The van der Waals surface area contributed by atoms with Gasteiger partial charge < -0.3 is 25.2 Å². The van der Waals surface area contributed by atoms with Crippen molar-refractivity contribution in [3.63, 3.8) is 0 Å². The van der Waals surface area contributed by atoms with E-state index in [4.69, 9.17) is 14.9 Å².